The predicted molar refractivity (Wildman–Crippen MR) is 84.4 cm³/mol. The van der Waals surface area contributed by atoms with Crippen molar-refractivity contribution in [3.63, 3.8) is 0 Å². The van der Waals surface area contributed by atoms with E-state index in [4.69, 9.17) is 9.47 Å². The zero-order valence-corrected chi connectivity index (χ0v) is 12.7. The minimum Gasteiger partial charge on any atom is -0.497 e. The van der Waals surface area contributed by atoms with E-state index in [1.165, 1.54) is 0 Å². The molecule has 0 spiro atoms. The molecule has 1 aliphatic rings. The lowest BCUT2D eigenvalue weighted by Gasteiger charge is -2.28. The lowest BCUT2D eigenvalue weighted by atomic mass is 10.2. The van der Waals surface area contributed by atoms with Crippen LogP contribution in [0.2, 0.25) is 0 Å². The first-order chi connectivity index (χ1) is 10.8. The van der Waals surface area contributed by atoms with E-state index >= 15 is 0 Å². The van der Waals surface area contributed by atoms with Crippen molar-refractivity contribution in [1.82, 2.24) is 15.3 Å². The largest absolute Gasteiger partial charge is 0.497 e. The van der Waals surface area contributed by atoms with E-state index in [9.17, 15) is 0 Å². The minimum absolute atomic E-state index is 0.462. The number of nitrogens with one attached hydrogen (secondary N) is 1. The summed E-state index contributed by atoms with van der Waals surface area (Å²) in [7, 11) is 1.66. The molecule has 1 N–H and O–H groups in total. The SMILES string of the molecule is COc1ccc(COc2cncc(N3CCNCC3)n2)cc1. The number of methoxy groups -OCH3 is 1. The van der Waals surface area contributed by atoms with Gasteiger partial charge in [0.05, 0.1) is 19.5 Å². The molecule has 0 saturated carbocycles. The molecule has 0 amide bonds. The van der Waals surface area contributed by atoms with Crippen LogP contribution in [0.25, 0.3) is 0 Å². The second-order valence-electron chi connectivity index (χ2n) is 5.09. The third-order valence-corrected chi connectivity index (χ3v) is 3.59. The summed E-state index contributed by atoms with van der Waals surface area (Å²) in [5, 5.41) is 3.32. The zero-order valence-electron chi connectivity index (χ0n) is 12.7. The first-order valence-electron chi connectivity index (χ1n) is 7.38. The summed E-state index contributed by atoms with van der Waals surface area (Å²) < 4.78 is 10.9. The Bertz CT molecular complexity index is 597. The highest BCUT2D eigenvalue weighted by molar-refractivity contribution is 5.38. The number of anilines is 1. The van der Waals surface area contributed by atoms with Crippen LogP contribution in [-0.4, -0.2) is 43.3 Å². The molecule has 2 heterocycles. The number of hydrogen-bond acceptors (Lipinski definition) is 6. The molecule has 1 aromatic heterocycles. The molecule has 22 heavy (non-hydrogen) atoms. The number of rotatable bonds is 5. The maximum Gasteiger partial charge on any atom is 0.234 e. The zero-order chi connectivity index (χ0) is 15.2. The van der Waals surface area contributed by atoms with Crippen LogP contribution in [0, 0.1) is 0 Å². The maximum absolute atomic E-state index is 5.74. The molecule has 1 saturated heterocycles. The normalized spacial score (nSPS) is 14.7. The fourth-order valence-electron chi connectivity index (χ4n) is 2.33. The van der Waals surface area contributed by atoms with E-state index in [2.05, 4.69) is 20.2 Å². The summed E-state index contributed by atoms with van der Waals surface area (Å²) in [5.74, 6) is 2.25. The lowest BCUT2D eigenvalue weighted by molar-refractivity contribution is 0.292. The summed E-state index contributed by atoms with van der Waals surface area (Å²) >= 11 is 0. The van der Waals surface area contributed by atoms with Gasteiger partial charge in [0.2, 0.25) is 5.88 Å². The van der Waals surface area contributed by atoms with Crippen molar-refractivity contribution < 1.29 is 9.47 Å². The van der Waals surface area contributed by atoms with Crippen molar-refractivity contribution >= 4 is 5.82 Å². The van der Waals surface area contributed by atoms with Crippen LogP contribution in [-0.2, 0) is 6.61 Å². The Morgan fingerprint density at radius 2 is 1.91 bits per heavy atom. The van der Waals surface area contributed by atoms with Crippen LogP contribution < -0.4 is 19.7 Å². The second kappa shape index (κ2) is 7.09. The molecular weight excluding hydrogens is 280 g/mol. The average Bonchev–Trinajstić information content (AvgIpc) is 2.61. The quantitative estimate of drug-likeness (QED) is 0.902. The average molecular weight is 300 g/mol. The van der Waals surface area contributed by atoms with E-state index < -0.39 is 0 Å². The Hall–Kier alpha value is -2.34. The molecule has 0 radical (unpaired) electrons. The molecule has 6 nitrogen and oxygen atoms in total. The molecule has 3 rings (SSSR count). The van der Waals surface area contributed by atoms with Gasteiger partial charge in [-0.05, 0) is 17.7 Å². The van der Waals surface area contributed by atoms with E-state index in [0.717, 1.165) is 43.3 Å². The number of piperazine rings is 1. The smallest absolute Gasteiger partial charge is 0.234 e. The highest BCUT2D eigenvalue weighted by Gasteiger charge is 2.12. The molecule has 116 valence electrons. The van der Waals surface area contributed by atoms with Gasteiger partial charge in [0.1, 0.15) is 12.4 Å². The van der Waals surface area contributed by atoms with Crippen molar-refractivity contribution in [2.75, 3.05) is 38.2 Å². The Balaban J connectivity index is 1.62. The van der Waals surface area contributed by atoms with E-state index in [-0.39, 0.29) is 0 Å². The molecule has 0 unspecified atom stereocenters. The van der Waals surface area contributed by atoms with E-state index in [1.807, 2.05) is 24.3 Å². The van der Waals surface area contributed by atoms with Gasteiger partial charge in [0.25, 0.3) is 0 Å². The van der Waals surface area contributed by atoms with Crippen LogP contribution in [0.15, 0.2) is 36.7 Å². The first kappa shape index (κ1) is 14.6. The molecule has 0 atom stereocenters. The van der Waals surface area contributed by atoms with Gasteiger partial charge in [-0.15, -0.1) is 0 Å². The summed E-state index contributed by atoms with van der Waals surface area (Å²) in [6.45, 7) is 4.29. The molecule has 1 fully saturated rings. The fourth-order valence-corrected chi connectivity index (χ4v) is 2.33. The molecule has 2 aromatic rings. The van der Waals surface area contributed by atoms with Crippen LogP contribution in [0.5, 0.6) is 11.6 Å². The lowest BCUT2D eigenvalue weighted by Crippen LogP contribution is -2.43. The molecular formula is C16H20N4O2. The van der Waals surface area contributed by atoms with Crippen LogP contribution in [0.4, 0.5) is 5.82 Å². The number of aromatic nitrogens is 2. The van der Waals surface area contributed by atoms with Gasteiger partial charge in [-0.25, -0.2) is 0 Å². The Morgan fingerprint density at radius 1 is 1.14 bits per heavy atom. The minimum atomic E-state index is 0.462. The van der Waals surface area contributed by atoms with Gasteiger partial charge in [0.15, 0.2) is 5.82 Å². The van der Waals surface area contributed by atoms with Crippen molar-refractivity contribution in [3.8, 4) is 11.6 Å². The highest BCUT2D eigenvalue weighted by Crippen LogP contribution is 2.17. The monoisotopic (exact) mass is 300 g/mol. The third-order valence-electron chi connectivity index (χ3n) is 3.59. The second-order valence-corrected chi connectivity index (χ2v) is 5.09. The van der Waals surface area contributed by atoms with Crippen LogP contribution in [0.1, 0.15) is 5.56 Å². The van der Waals surface area contributed by atoms with Crippen molar-refractivity contribution in [2.45, 2.75) is 6.61 Å². The summed E-state index contributed by atoms with van der Waals surface area (Å²) in [6.07, 6.45) is 3.43. The first-order valence-corrected chi connectivity index (χ1v) is 7.38. The van der Waals surface area contributed by atoms with Crippen LogP contribution >= 0.6 is 0 Å². The Kier molecular flexibility index (Phi) is 4.70. The van der Waals surface area contributed by atoms with Crippen molar-refractivity contribution in [2.24, 2.45) is 0 Å². The van der Waals surface area contributed by atoms with Gasteiger partial charge in [0, 0.05) is 26.2 Å². The molecule has 6 heteroatoms. The number of hydrogen-bond donors (Lipinski definition) is 1. The van der Waals surface area contributed by atoms with E-state index in [1.54, 1.807) is 19.5 Å². The molecule has 0 bridgehead atoms. The van der Waals surface area contributed by atoms with E-state index in [0.29, 0.717) is 12.5 Å². The van der Waals surface area contributed by atoms with Gasteiger partial charge < -0.3 is 19.7 Å². The van der Waals surface area contributed by atoms with Gasteiger partial charge >= 0.3 is 0 Å². The summed E-state index contributed by atoms with van der Waals surface area (Å²) in [6, 6.07) is 7.79. The summed E-state index contributed by atoms with van der Waals surface area (Å²) in [4.78, 5) is 11.0. The number of ether oxygens (including phenoxy) is 2. The van der Waals surface area contributed by atoms with Crippen molar-refractivity contribution in [1.29, 1.82) is 0 Å². The van der Waals surface area contributed by atoms with Crippen LogP contribution in [0.3, 0.4) is 0 Å². The van der Waals surface area contributed by atoms with Gasteiger partial charge in [-0.2, -0.15) is 4.98 Å². The topological polar surface area (TPSA) is 59.5 Å². The molecule has 0 aliphatic carbocycles. The maximum atomic E-state index is 5.74. The number of benzene rings is 1. The molecule has 1 aromatic carbocycles. The van der Waals surface area contributed by atoms with Crippen molar-refractivity contribution in [3.05, 3.63) is 42.2 Å². The summed E-state index contributed by atoms with van der Waals surface area (Å²) in [5.41, 5.74) is 1.06. The van der Waals surface area contributed by atoms with Gasteiger partial charge in [-0.3, -0.25) is 4.98 Å². The number of nitrogens with zero attached hydrogens (tertiary/aromatic N) is 3. The van der Waals surface area contributed by atoms with Gasteiger partial charge in [-0.1, -0.05) is 12.1 Å². The predicted octanol–water partition coefficient (Wildman–Crippen LogP) is 1.47. The Labute approximate surface area is 130 Å². The molecule has 1 aliphatic heterocycles. The Morgan fingerprint density at radius 3 is 2.64 bits per heavy atom. The third kappa shape index (κ3) is 3.65. The fraction of sp³-hybridized carbons (Fsp3) is 0.375. The highest BCUT2D eigenvalue weighted by atomic mass is 16.5. The standard InChI is InChI=1S/C16H20N4O2/c1-21-14-4-2-13(3-5-14)12-22-16-11-18-10-15(19-16)20-8-6-17-7-9-20/h2-5,10-11,17H,6-9,12H2,1H3.